The maximum atomic E-state index is 11.9. The molecule has 120 valence electrons. The van der Waals surface area contributed by atoms with E-state index in [1.54, 1.807) is 38.5 Å². The Hall–Kier alpha value is -3.09. The van der Waals surface area contributed by atoms with Crippen LogP contribution in [0, 0.1) is 0 Å². The van der Waals surface area contributed by atoms with E-state index in [1.165, 1.54) is 6.33 Å². The number of hydrogen-bond donors (Lipinski definition) is 2. The van der Waals surface area contributed by atoms with Gasteiger partial charge >= 0.3 is 0 Å². The van der Waals surface area contributed by atoms with Crippen molar-refractivity contribution in [2.24, 2.45) is 0 Å². The standard InChI is InChI=1S/C16H18N4O3/c1-4-7-17-16(21)12-9-15(19-10-18-12)20-11-5-6-13(22-2)14(8-11)23-3/h4-6,8-10H,1,7H2,2-3H3,(H,17,21)(H,18,19,20). The quantitative estimate of drug-likeness (QED) is 0.762. The van der Waals surface area contributed by atoms with Crippen LogP contribution in [-0.2, 0) is 0 Å². The number of ether oxygens (including phenoxy) is 2. The van der Waals surface area contributed by atoms with Gasteiger partial charge in [0.05, 0.1) is 14.2 Å². The molecule has 2 N–H and O–H groups in total. The van der Waals surface area contributed by atoms with E-state index >= 15 is 0 Å². The molecule has 1 aromatic carbocycles. The summed E-state index contributed by atoms with van der Waals surface area (Å²) < 4.78 is 10.4. The number of benzene rings is 1. The molecular formula is C16H18N4O3. The lowest BCUT2D eigenvalue weighted by Crippen LogP contribution is -2.24. The summed E-state index contributed by atoms with van der Waals surface area (Å²) in [4.78, 5) is 19.9. The van der Waals surface area contributed by atoms with Crippen molar-refractivity contribution in [1.82, 2.24) is 15.3 Å². The highest BCUT2D eigenvalue weighted by atomic mass is 16.5. The molecule has 2 rings (SSSR count). The molecule has 7 heteroatoms. The SMILES string of the molecule is C=CCNC(=O)c1cc(Nc2ccc(OC)c(OC)c2)ncn1. The Morgan fingerprint density at radius 1 is 1.22 bits per heavy atom. The first-order valence-electron chi connectivity index (χ1n) is 6.88. The average Bonchev–Trinajstić information content (AvgIpc) is 2.59. The van der Waals surface area contributed by atoms with Gasteiger partial charge in [-0.15, -0.1) is 6.58 Å². The van der Waals surface area contributed by atoms with E-state index in [-0.39, 0.29) is 11.6 Å². The molecule has 1 amide bonds. The van der Waals surface area contributed by atoms with E-state index in [1.807, 2.05) is 6.07 Å². The number of aromatic nitrogens is 2. The highest BCUT2D eigenvalue weighted by molar-refractivity contribution is 5.93. The van der Waals surface area contributed by atoms with Crippen molar-refractivity contribution in [2.75, 3.05) is 26.1 Å². The number of nitrogens with one attached hydrogen (secondary N) is 2. The van der Waals surface area contributed by atoms with Crippen LogP contribution < -0.4 is 20.1 Å². The molecule has 0 aliphatic rings. The molecule has 0 saturated heterocycles. The number of rotatable bonds is 7. The zero-order valence-electron chi connectivity index (χ0n) is 13.0. The molecule has 0 radical (unpaired) electrons. The van der Waals surface area contributed by atoms with Gasteiger partial charge in [0.15, 0.2) is 11.5 Å². The van der Waals surface area contributed by atoms with Crippen LogP contribution in [0.4, 0.5) is 11.5 Å². The van der Waals surface area contributed by atoms with Crippen molar-refractivity contribution in [3.8, 4) is 11.5 Å². The topological polar surface area (TPSA) is 85.4 Å². The van der Waals surface area contributed by atoms with Gasteiger partial charge in [-0.3, -0.25) is 4.79 Å². The van der Waals surface area contributed by atoms with Crippen LogP contribution in [-0.4, -0.2) is 36.6 Å². The second kappa shape index (κ2) is 7.79. The summed E-state index contributed by atoms with van der Waals surface area (Å²) in [6.45, 7) is 3.92. The summed E-state index contributed by atoms with van der Waals surface area (Å²) in [6.07, 6.45) is 2.92. The second-order valence-corrected chi connectivity index (χ2v) is 4.48. The molecule has 0 atom stereocenters. The Bertz CT molecular complexity index is 703. The van der Waals surface area contributed by atoms with E-state index in [4.69, 9.17) is 9.47 Å². The Kier molecular flexibility index (Phi) is 5.51. The summed E-state index contributed by atoms with van der Waals surface area (Å²) in [6, 6.07) is 6.94. The molecule has 2 aromatic rings. The Morgan fingerprint density at radius 2 is 2.00 bits per heavy atom. The van der Waals surface area contributed by atoms with Gasteiger partial charge in [0.2, 0.25) is 0 Å². The summed E-state index contributed by atoms with van der Waals surface area (Å²) in [7, 11) is 3.14. The Morgan fingerprint density at radius 3 is 2.70 bits per heavy atom. The van der Waals surface area contributed by atoms with Crippen molar-refractivity contribution in [3.05, 3.63) is 48.9 Å². The number of carbonyl (C=O) groups excluding carboxylic acids is 1. The molecular weight excluding hydrogens is 296 g/mol. The highest BCUT2D eigenvalue weighted by Crippen LogP contribution is 2.30. The number of anilines is 2. The minimum Gasteiger partial charge on any atom is -0.493 e. The van der Waals surface area contributed by atoms with Gasteiger partial charge in [0, 0.05) is 24.4 Å². The zero-order chi connectivity index (χ0) is 16.7. The normalized spacial score (nSPS) is 9.83. The summed E-state index contributed by atoms with van der Waals surface area (Å²) in [5.74, 6) is 1.43. The first-order chi connectivity index (χ1) is 11.2. The van der Waals surface area contributed by atoms with Gasteiger partial charge in [0.25, 0.3) is 5.91 Å². The van der Waals surface area contributed by atoms with E-state index in [0.29, 0.717) is 23.9 Å². The van der Waals surface area contributed by atoms with Crippen molar-refractivity contribution in [1.29, 1.82) is 0 Å². The molecule has 0 bridgehead atoms. The zero-order valence-corrected chi connectivity index (χ0v) is 13.0. The average molecular weight is 314 g/mol. The Balaban J connectivity index is 2.17. The van der Waals surface area contributed by atoms with Gasteiger partial charge in [0.1, 0.15) is 17.8 Å². The monoisotopic (exact) mass is 314 g/mol. The van der Waals surface area contributed by atoms with Gasteiger partial charge in [-0.05, 0) is 12.1 Å². The third-order valence-electron chi connectivity index (χ3n) is 2.96. The van der Waals surface area contributed by atoms with Crippen LogP contribution in [0.5, 0.6) is 11.5 Å². The highest BCUT2D eigenvalue weighted by Gasteiger charge is 2.09. The molecule has 0 spiro atoms. The van der Waals surface area contributed by atoms with Gasteiger partial charge in [-0.2, -0.15) is 0 Å². The smallest absolute Gasteiger partial charge is 0.270 e. The molecule has 0 aliphatic carbocycles. The first kappa shape index (κ1) is 16.3. The molecule has 1 heterocycles. The number of methoxy groups -OCH3 is 2. The van der Waals surface area contributed by atoms with Crippen LogP contribution in [0.3, 0.4) is 0 Å². The molecule has 0 saturated carbocycles. The van der Waals surface area contributed by atoms with Crippen LogP contribution in [0.15, 0.2) is 43.2 Å². The third-order valence-corrected chi connectivity index (χ3v) is 2.96. The number of nitrogens with zero attached hydrogens (tertiary/aromatic N) is 2. The minimum atomic E-state index is -0.289. The predicted octanol–water partition coefficient (Wildman–Crippen LogP) is 2.15. The van der Waals surface area contributed by atoms with Crippen LogP contribution in [0.2, 0.25) is 0 Å². The summed E-state index contributed by atoms with van der Waals surface area (Å²) >= 11 is 0. The van der Waals surface area contributed by atoms with E-state index in [2.05, 4.69) is 27.2 Å². The largest absolute Gasteiger partial charge is 0.493 e. The maximum absolute atomic E-state index is 11.9. The van der Waals surface area contributed by atoms with Crippen molar-refractivity contribution in [2.45, 2.75) is 0 Å². The minimum absolute atomic E-state index is 0.268. The van der Waals surface area contributed by atoms with Gasteiger partial charge in [-0.25, -0.2) is 9.97 Å². The number of hydrogen-bond acceptors (Lipinski definition) is 6. The molecule has 0 aliphatic heterocycles. The fourth-order valence-electron chi connectivity index (χ4n) is 1.87. The number of carbonyl (C=O) groups is 1. The molecule has 7 nitrogen and oxygen atoms in total. The maximum Gasteiger partial charge on any atom is 0.270 e. The van der Waals surface area contributed by atoms with Gasteiger partial charge < -0.3 is 20.1 Å². The van der Waals surface area contributed by atoms with Gasteiger partial charge in [-0.1, -0.05) is 6.08 Å². The lowest BCUT2D eigenvalue weighted by molar-refractivity contribution is 0.0953. The lowest BCUT2D eigenvalue weighted by atomic mass is 10.2. The van der Waals surface area contributed by atoms with Crippen molar-refractivity contribution >= 4 is 17.4 Å². The van der Waals surface area contributed by atoms with Crippen LogP contribution >= 0.6 is 0 Å². The van der Waals surface area contributed by atoms with Crippen molar-refractivity contribution < 1.29 is 14.3 Å². The molecule has 0 unspecified atom stereocenters. The molecule has 0 fully saturated rings. The fourth-order valence-corrected chi connectivity index (χ4v) is 1.87. The van der Waals surface area contributed by atoms with Crippen LogP contribution in [0.1, 0.15) is 10.5 Å². The molecule has 23 heavy (non-hydrogen) atoms. The van der Waals surface area contributed by atoms with Crippen LogP contribution in [0.25, 0.3) is 0 Å². The Labute approximate surface area is 134 Å². The van der Waals surface area contributed by atoms with E-state index in [0.717, 1.165) is 5.69 Å². The van der Waals surface area contributed by atoms with Crippen molar-refractivity contribution in [3.63, 3.8) is 0 Å². The number of amides is 1. The first-order valence-corrected chi connectivity index (χ1v) is 6.88. The predicted molar refractivity (Wildman–Crippen MR) is 87.4 cm³/mol. The third kappa shape index (κ3) is 4.19. The lowest BCUT2D eigenvalue weighted by Gasteiger charge is -2.11. The molecule has 1 aromatic heterocycles. The fraction of sp³-hybridized carbons (Fsp3) is 0.188. The van der Waals surface area contributed by atoms with E-state index < -0.39 is 0 Å². The van der Waals surface area contributed by atoms with E-state index in [9.17, 15) is 4.79 Å². The summed E-state index contributed by atoms with van der Waals surface area (Å²) in [5, 5.41) is 5.76. The summed E-state index contributed by atoms with van der Waals surface area (Å²) in [5.41, 5.74) is 1.02. The second-order valence-electron chi connectivity index (χ2n) is 4.48.